The van der Waals surface area contributed by atoms with Crippen LogP contribution in [0.4, 0.5) is 0 Å². The van der Waals surface area contributed by atoms with Crippen molar-refractivity contribution < 1.29 is 9.21 Å². The number of imidazole rings is 1. The first-order valence-electron chi connectivity index (χ1n) is 6.79. The molecule has 0 bridgehead atoms. The molecule has 0 N–H and O–H groups in total. The van der Waals surface area contributed by atoms with Gasteiger partial charge in [-0.1, -0.05) is 25.1 Å². The zero-order chi connectivity index (χ0) is 13.9. The number of para-hydroxylation sites is 1. The molecule has 0 atom stereocenters. The van der Waals surface area contributed by atoms with Gasteiger partial charge in [-0.15, -0.1) is 0 Å². The molecule has 2 aromatic heterocycles. The number of fused-ring (bicyclic) bond motifs is 1. The lowest BCUT2D eigenvalue weighted by atomic mass is 10.2. The number of nitrogens with zero attached hydrogens (tertiary/aromatic N) is 2. The summed E-state index contributed by atoms with van der Waals surface area (Å²) >= 11 is 0. The fourth-order valence-corrected chi connectivity index (χ4v) is 2.29. The smallest absolute Gasteiger partial charge is 0.217 e. The summed E-state index contributed by atoms with van der Waals surface area (Å²) in [6, 6.07) is 9.44. The number of ketones is 1. The summed E-state index contributed by atoms with van der Waals surface area (Å²) in [5, 5.41) is 0.954. The van der Waals surface area contributed by atoms with Crippen LogP contribution in [0.15, 0.2) is 47.1 Å². The molecule has 1 aromatic carbocycles. The van der Waals surface area contributed by atoms with E-state index in [0.717, 1.165) is 29.6 Å². The van der Waals surface area contributed by atoms with Crippen molar-refractivity contribution >= 4 is 16.8 Å². The van der Waals surface area contributed by atoms with Crippen LogP contribution in [0.3, 0.4) is 0 Å². The minimum Gasteiger partial charge on any atom is -0.453 e. The Hall–Kier alpha value is -2.36. The normalized spacial score (nSPS) is 11.1. The highest BCUT2D eigenvalue weighted by Crippen LogP contribution is 2.19. The number of Topliss-reactive ketones (excluding diaryl/α,β-unsaturated/α-hetero) is 1. The van der Waals surface area contributed by atoms with Gasteiger partial charge in [0.15, 0.2) is 5.76 Å². The Morgan fingerprint density at radius 1 is 1.35 bits per heavy atom. The highest BCUT2D eigenvalue weighted by atomic mass is 16.3. The van der Waals surface area contributed by atoms with Gasteiger partial charge in [-0.25, -0.2) is 4.98 Å². The van der Waals surface area contributed by atoms with Crippen LogP contribution in [0.1, 0.15) is 29.7 Å². The lowest BCUT2D eigenvalue weighted by molar-refractivity contribution is 0.0946. The van der Waals surface area contributed by atoms with Crippen LogP contribution in [0.2, 0.25) is 0 Å². The summed E-state index contributed by atoms with van der Waals surface area (Å²) < 4.78 is 7.48. The van der Waals surface area contributed by atoms with E-state index in [9.17, 15) is 4.79 Å². The largest absolute Gasteiger partial charge is 0.453 e. The van der Waals surface area contributed by atoms with Crippen LogP contribution < -0.4 is 0 Å². The van der Waals surface area contributed by atoms with Gasteiger partial charge < -0.3 is 8.98 Å². The lowest BCUT2D eigenvalue weighted by Crippen LogP contribution is -2.11. The summed E-state index contributed by atoms with van der Waals surface area (Å²) in [5.41, 5.74) is 0.746. The topological polar surface area (TPSA) is 48.0 Å². The molecule has 0 amide bonds. The van der Waals surface area contributed by atoms with Crippen molar-refractivity contribution in [1.82, 2.24) is 9.55 Å². The third kappa shape index (κ3) is 2.37. The predicted octanol–water partition coefficient (Wildman–Crippen LogP) is 3.46. The second-order valence-corrected chi connectivity index (χ2v) is 4.79. The van der Waals surface area contributed by atoms with Gasteiger partial charge in [-0.05, 0) is 18.6 Å². The van der Waals surface area contributed by atoms with Gasteiger partial charge in [0.2, 0.25) is 5.78 Å². The third-order valence-corrected chi connectivity index (χ3v) is 3.29. The molecule has 0 aliphatic carbocycles. The fraction of sp³-hybridized carbons (Fsp3) is 0.250. The van der Waals surface area contributed by atoms with Crippen molar-refractivity contribution in [3.8, 4) is 0 Å². The third-order valence-electron chi connectivity index (χ3n) is 3.29. The van der Waals surface area contributed by atoms with Gasteiger partial charge in [0, 0.05) is 24.2 Å². The Morgan fingerprint density at radius 3 is 3.00 bits per heavy atom. The molecule has 0 saturated heterocycles. The van der Waals surface area contributed by atoms with Gasteiger partial charge in [-0.3, -0.25) is 4.79 Å². The first-order chi connectivity index (χ1) is 9.78. The van der Waals surface area contributed by atoms with Crippen molar-refractivity contribution in [3.05, 3.63) is 54.3 Å². The lowest BCUT2D eigenvalue weighted by Gasteiger charge is -2.04. The molecular formula is C16H16N2O2. The molecule has 0 unspecified atom stereocenters. The fourth-order valence-electron chi connectivity index (χ4n) is 2.29. The molecular weight excluding hydrogens is 252 g/mol. The van der Waals surface area contributed by atoms with Gasteiger partial charge >= 0.3 is 0 Å². The van der Waals surface area contributed by atoms with Gasteiger partial charge in [0.25, 0.3) is 0 Å². The first kappa shape index (κ1) is 12.7. The Balaban J connectivity index is 1.83. The zero-order valence-corrected chi connectivity index (χ0v) is 11.4. The molecule has 3 aromatic rings. The number of aryl methyl sites for hydroxylation is 1. The Morgan fingerprint density at radius 2 is 2.20 bits per heavy atom. The molecule has 2 heterocycles. The van der Waals surface area contributed by atoms with E-state index in [0.29, 0.717) is 5.76 Å². The monoisotopic (exact) mass is 268 g/mol. The van der Waals surface area contributed by atoms with Crippen molar-refractivity contribution in [2.75, 3.05) is 0 Å². The van der Waals surface area contributed by atoms with Gasteiger partial charge in [-0.2, -0.15) is 0 Å². The Labute approximate surface area is 117 Å². The average Bonchev–Trinajstić information content (AvgIpc) is 3.06. The van der Waals surface area contributed by atoms with Crippen LogP contribution in [-0.4, -0.2) is 15.3 Å². The van der Waals surface area contributed by atoms with Crippen LogP contribution >= 0.6 is 0 Å². The highest BCUT2D eigenvalue weighted by molar-refractivity contribution is 5.97. The molecule has 0 spiro atoms. The molecule has 0 radical (unpaired) electrons. The SMILES string of the molecule is CCCc1nccn1CC(=O)c1cc2ccccc2o1. The quantitative estimate of drug-likeness (QED) is 0.666. The summed E-state index contributed by atoms with van der Waals surface area (Å²) in [7, 11) is 0. The molecule has 3 rings (SSSR count). The Bertz CT molecular complexity index is 707. The van der Waals surface area contributed by atoms with Crippen LogP contribution in [0.25, 0.3) is 11.0 Å². The van der Waals surface area contributed by atoms with Crippen LogP contribution in [0, 0.1) is 0 Å². The number of aromatic nitrogens is 2. The second-order valence-electron chi connectivity index (χ2n) is 4.79. The average molecular weight is 268 g/mol. The predicted molar refractivity (Wildman–Crippen MR) is 76.8 cm³/mol. The minimum atomic E-state index is -0.0310. The molecule has 0 aliphatic rings. The van der Waals surface area contributed by atoms with E-state index in [1.807, 2.05) is 35.0 Å². The minimum absolute atomic E-state index is 0.0310. The van der Waals surface area contributed by atoms with Gasteiger partial charge in [0.05, 0.1) is 6.54 Å². The maximum atomic E-state index is 12.3. The molecule has 102 valence electrons. The zero-order valence-electron chi connectivity index (χ0n) is 11.4. The molecule has 0 fully saturated rings. The standard InChI is InChI=1S/C16H16N2O2/c1-2-5-16-17-8-9-18(16)11-13(19)15-10-12-6-3-4-7-14(12)20-15/h3-4,6-10H,2,5,11H2,1H3. The number of hydrogen-bond donors (Lipinski definition) is 0. The van der Waals surface area contributed by atoms with Crippen molar-refractivity contribution in [1.29, 1.82) is 0 Å². The number of rotatable bonds is 5. The maximum Gasteiger partial charge on any atom is 0.217 e. The van der Waals surface area contributed by atoms with Crippen molar-refractivity contribution in [3.63, 3.8) is 0 Å². The Kier molecular flexibility index (Phi) is 3.37. The van der Waals surface area contributed by atoms with E-state index in [2.05, 4.69) is 11.9 Å². The van der Waals surface area contributed by atoms with E-state index in [1.165, 1.54) is 0 Å². The van der Waals surface area contributed by atoms with E-state index in [-0.39, 0.29) is 12.3 Å². The van der Waals surface area contributed by atoms with Crippen molar-refractivity contribution in [2.45, 2.75) is 26.3 Å². The second kappa shape index (κ2) is 5.33. The number of carbonyl (C=O) groups excluding carboxylic acids is 1. The summed E-state index contributed by atoms with van der Waals surface area (Å²) in [6.07, 6.45) is 5.46. The first-order valence-corrected chi connectivity index (χ1v) is 6.79. The number of hydrogen-bond acceptors (Lipinski definition) is 3. The number of furan rings is 1. The maximum absolute atomic E-state index is 12.3. The molecule has 0 saturated carbocycles. The van der Waals surface area contributed by atoms with Crippen LogP contribution in [-0.2, 0) is 13.0 Å². The van der Waals surface area contributed by atoms with E-state index < -0.39 is 0 Å². The summed E-state index contributed by atoms with van der Waals surface area (Å²) in [4.78, 5) is 16.6. The van der Waals surface area contributed by atoms with Gasteiger partial charge in [0.1, 0.15) is 11.4 Å². The molecule has 20 heavy (non-hydrogen) atoms. The molecule has 4 heteroatoms. The summed E-state index contributed by atoms with van der Waals surface area (Å²) in [5.74, 6) is 1.32. The molecule has 4 nitrogen and oxygen atoms in total. The van der Waals surface area contributed by atoms with E-state index >= 15 is 0 Å². The van der Waals surface area contributed by atoms with Crippen LogP contribution in [0.5, 0.6) is 0 Å². The molecule has 0 aliphatic heterocycles. The number of carbonyl (C=O) groups is 1. The highest BCUT2D eigenvalue weighted by Gasteiger charge is 2.14. The van der Waals surface area contributed by atoms with E-state index in [1.54, 1.807) is 12.3 Å². The van der Waals surface area contributed by atoms with Crippen molar-refractivity contribution in [2.24, 2.45) is 0 Å². The summed E-state index contributed by atoms with van der Waals surface area (Å²) in [6.45, 7) is 2.37. The van der Waals surface area contributed by atoms with E-state index in [4.69, 9.17) is 4.42 Å². The number of benzene rings is 1.